The molecule has 0 spiro atoms. The molecule has 11 heteroatoms. The number of ketones is 1. The van der Waals surface area contributed by atoms with Crippen LogP contribution in [0.3, 0.4) is 0 Å². The lowest BCUT2D eigenvalue weighted by Crippen LogP contribution is -2.06. The van der Waals surface area contributed by atoms with Gasteiger partial charge in [0.2, 0.25) is 0 Å². The van der Waals surface area contributed by atoms with Crippen LogP contribution in [0.5, 0.6) is 57.5 Å². The van der Waals surface area contributed by atoms with E-state index in [0.29, 0.717) is 102 Å². The predicted octanol–water partition coefficient (Wildman–Crippen LogP) is 11.8. The Balaban J connectivity index is 1.19. The first-order valence-corrected chi connectivity index (χ1v) is 19.5. The summed E-state index contributed by atoms with van der Waals surface area (Å²) in [5.74, 6) is 5.20. The summed E-state index contributed by atoms with van der Waals surface area (Å²) in [6.07, 6.45) is 0. The van der Waals surface area contributed by atoms with Gasteiger partial charge in [0.05, 0.1) is 25.6 Å². The van der Waals surface area contributed by atoms with Crippen LogP contribution in [-0.4, -0.2) is 20.0 Å². The van der Waals surface area contributed by atoms with E-state index in [1.54, 1.807) is 123 Å². The number of ether oxygens (including phenoxy) is 6. The molecule has 8 rings (SSSR count). The fourth-order valence-electron chi connectivity index (χ4n) is 6.72. The minimum absolute atomic E-state index is 0.235. The lowest BCUT2D eigenvalue weighted by Gasteiger charge is -2.17. The van der Waals surface area contributed by atoms with E-state index < -0.39 is 0 Å². The highest BCUT2D eigenvalue weighted by Gasteiger charge is 2.22. The van der Waals surface area contributed by atoms with Crippen LogP contribution in [0, 0.1) is 0 Å². The maximum Gasteiger partial charge on any atom is 0.194 e. The smallest absolute Gasteiger partial charge is 0.194 e. The molecule has 8 aromatic carbocycles. The van der Waals surface area contributed by atoms with Crippen LogP contribution in [-0.2, 0) is 0 Å². The van der Waals surface area contributed by atoms with Gasteiger partial charge >= 0.3 is 0 Å². The van der Waals surface area contributed by atoms with Gasteiger partial charge in [0.1, 0.15) is 57.5 Å². The van der Waals surface area contributed by atoms with Crippen molar-refractivity contribution in [3.8, 4) is 79.7 Å². The van der Waals surface area contributed by atoms with Gasteiger partial charge in [-0.25, -0.2) is 0 Å². The summed E-state index contributed by atoms with van der Waals surface area (Å²) in [5, 5.41) is 0. The van der Waals surface area contributed by atoms with E-state index in [4.69, 9.17) is 51.4 Å². The van der Waals surface area contributed by atoms with Crippen molar-refractivity contribution in [1.82, 2.24) is 0 Å². The number of anilines is 4. The largest absolute Gasteiger partial charge is 0.494 e. The molecule has 0 fully saturated rings. The monoisotopic (exact) mass is 822 g/mol. The lowest BCUT2D eigenvalue weighted by atomic mass is 9.89. The Hall–Kier alpha value is -8.57. The SMILES string of the molecule is COc1cc(Oc2ccc(C(=O)c3ccc(Oc4ccc(N)c(OC)c4)cc3-c3ccc(Oc4ccc(N)cc4)cc3)c(-c3ccc(Oc4ccc(N)cc4)cc3)c2)ccc1N. The molecule has 0 aromatic heterocycles. The normalized spacial score (nSPS) is 10.7. The highest BCUT2D eigenvalue weighted by Crippen LogP contribution is 2.39. The highest BCUT2D eigenvalue weighted by molar-refractivity contribution is 6.16. The van der Waals surface area contributed by atoms with Crippen molar-refractivity contribution in [2.24, 2.45) is 0 Å². The topological polar surface area (TPSA) is 177 Å². The zero-order valence-electron chi connectivity index (χ0n) is 33.8. The van der Waals surface area contributed by atoms with Gasteiger partial charge in [-0.05, 0) is 156 Å². The standard InChI is InChI=1S/C51H42N4O7/c1-57-49-29-41(21-25-47(49)54)61-39-19-23-43(45(27-39)31-3-11-35(12-4-31)59-37-15-7-33(52)8-16-37)51(56)44-24-20-40(62-42-22-26-48(55)50(30-42)58-2)28-46(44)32-5-13-36(14-6-32)60-38-17-9-34(53)10-18-38/h3-30H,52-55H2,1-2H3. The van der Waals surface area contributed by atoms with Crippen molar-refractivity contribution in [2.45, 2.75) is 0 Å². The molecule has 0 atom stereocenters. The second-order valence-corrected chi connectivity index (χ2v) is 14.1. The molecule has 62 heavy (non-hydrogen) atoms. The van der Waals surface area contributed by atoms with E-state index in [2.05, 4.69) is 0 Å². The van der Waals surface area contributed by atoms with Gasteiger partial charge in [-0.1, -0.05) is 24.3 Å². The minimum atomic E-state index is -0.235. The van der Waals surface area contributed by atoms with Crippen molar-refractivity contribution in [3.63, 3.8) is 0 Å². The average molecular weight is 823 g/mol. The number of rotatable bonds is 14. The number of benzene rings is 8. The highest BCUT2D eigenvalue weighted by atomic mass is 16.5. The van der Waals surface area contributed by atoms with Crippen LogP contribution in [0.15, 0.2) is 170 Å². The molecule has 0 aliphatic rings. The number of carbonyl (C=O) groups is 1. The molecule has 0 saturated heterocycles. The van der Waals surface area contributed by atoms with Crippen LogP contribution in [0.2, 0.25) is 0 Å². The van der Waals surface area contributed by atoms with Crippen LogP contribution < -0.4 is 51.4 Å². The molecule has 0 aliphatic carbocycles. The Bertz CT molecular complexity index is 2670. The number of methoxy groups -OCH3 is 2. The summed E-state index contributed by atoms with van der Waals surface area (Å²) in [4.78, 5) is 15.1. The summed E-state index contributed by atoms with van der Waals surface area (Å²) in [6, 6.07) is 50.3. The van der Waals surface area contributed by atoms with Crippen molar-refractivity contribution in [1.29, 1.82) is 0 Å². The molecule has 0 radical (unpaired) electrons. The van der Waals surface area contributed by atoms with Crippen molar-refractivity contribution >= 4 is 28.5 Å². The fraction of sp³-hybridized carbons (Fsp3) is 0.0392. The maximum atomic E-state index is 15.1. The number of nitrogens with two attached hydrogens (primary N) is 4. The van der Waals surface area contributed by atoms with Gasteiger partial charge in [0.15, 0.2) is 5.78 Å². The molecule has 0 unspecified atom stereocenters. The Morgan fingerprint density at radius 3 is 1.00 bits per heavy atom. The first kappa shape index (κ1) is 40.2. The van der Waals surface area contributed by atoms with Crippen molar-refractivity contribution in [3.05, 3.63) is 181 Å². The summed E-state index contributed by atoms with van der Waals surface area (Å²) >= 11 is 0. The van der Waals surface area contributed by atoms with Crippen LogP contribution in [0.4, 0.5) is 22.7 Å². The van der Waals surface area contributed by atoms with Crippen LogP contribution in [0.25, 0.3) is 22.3 Å². The molecule has 308 valence electrons. The summed E-state index contributed by atoms with van der Waals surface area (Å²) in [7, 11) is 3.08. The third-order valence-corrected chi connectivity index (χ3v) is 9.91. The van der Waals surface area contributed by atoms with Gasteiger partial charge in [-0.3, -0.25) is 4.79 Å². The second-order valence-electron chi connectivity index (χ2n) is 14.1. The maximum absolute atomic E-state index is 15.1. The zero-order valence-corrected chi connectivity index (χ0v) is 33.8. The molecular weight excluding hydrogens is 781 g/mol. The Morgan fingerprint density at radius 2 is 0.645 bits per heavy atom. The summed E-state index contributed by atoms with van der Waals surface area (Å²) < 4.78 is 35.6. The number of nitrogen functional groups attached to an aromatic ring is 4. The molecule has 0 amide bonds. The van der Waals surface area contributed by atoms with E-state index in [0.717, 1.165) is 11.1 Å². The lowest BCUT2D eigenvalue weighted by molar-refractivity contribution is 0.104. The quantitative estimate of drug-likeness (QED) is 0.0606. The molecule has 0 heterocycles. The zero-order chi connectivity index (χ0) is 43.2. The summed E-state index contributed by atoms with van der Waals surface area (Å²) in [6.45, 7) is 0. The molecule has 0 aliphatic heterocycles. The van der Waals surface area contributed by atoms with E-state index in [1.807, 2.05) is 60.7 Å². The van der Waals surface area contributed by atoms with E-state index >= 15 is 4.79 Å². The third-order valence-electron chi connectivity index (χ3n) is 9.91. The molecular formula is C51H42N4O7. The molecule has 11 nitrogen and oxygen atoms in total. The van der Waals surface area contributed by atoms with Crippen LogP contribution >= 0.6 is 0 Å². The van der Waals surface area contributed by atoms with E-state index in [-0.39, 0.29) is 5.78 Å². The molecule has 0 saturated carbocycles. The van der Waals surface area contributed by atoms with E-state index in [9.17, 15) is 0 Å². The molecule has 8 aromatic rings. The molecule has 0 bridgehead atoms. The fourth-order valence-corrected chi connectivity index (χ4v) is 6.72. The Labute approximate surface area is 358 Å². The van der Waals surface area contributed by atoms with Gasteiger partial charge in [-0.15, -0.1) is 0 Å². The van der Waals surface area contributed by atoms with Crippen molar-refractivity contribution in [2.75, 3.05) is 37.2 Å². The van der Waals surface area contributed by atoms with Crippen LogP contribution in [0.1, 0.15) is 15.9 Å². The Morgan fingerprint density at radius 1 is 0.355 bits per heavy atom. The van der Waals surface area contributed by atoms with Crippen molar-refractivity contribution < 1.29 is 33.2 Å². The summed E-state index contributed by atoms with van der Waals surface area (Å²) in [5.41, 5.74) is 29.7. The number of hydrogen-bond donors (Lipinski definition) is 4. The second kappa shape index (κ2) is 17.7. The molecule has 8 N–H and O–H groups in total. The average Bonchev–Trinajstić information content (AvgIpc) is 3.29. The number of hydrogen-bond acceptors (Lipinski definition) is 11. The first-order chi connectivity index (χ1) is 30.1. The van der Waals surface area contributed by atoms with Gasteiger partial charge < -0.3 is 51.4 Å². The first-order valence-electron chi connectivity index (χ1n) is 19.5. The van der Waals surface area contributed by atoms with Gasteiger partial charge in [0.25, 0.3) is 0 Å². The number of carbonyl (C=O) groups excluding carboxylic acids is 1. The Kier molecular flexibility index (Phi) is 11.5. The minimum Gasteiger partial charge on any atom is -0.494 e. The van der Waals surface area contributed by atoms with Gasteiger partial charge in [-0.2, -0.15) is 0 Å². The third kappa shape index (κ3) is 9.17. The van der Waals surface area contributed by atoms with Gasteiger partial charge in [0, 0.05) is 34.6 Å². The predicted molar refractivity (Wildman–Crippen MR) is 244 cm³/mol. The van der Waals surface area contributed by atoms with E-state index in [1.165, 1.54) is 0 Å².